The van der Waals surface area contributed by atoms with Crippen LogP contribution in [0.15, 0.2) is 48.6 Å². The number of hydrogen-bond acceptors (Lipinski definition) is 6. The lowest BCUT2D eigenvalue weighted by Crippen LogP contribution is -2.46. The van der Waals surface area contributed by atoms with E-state index >= 15 is 0 Å². The number of nitrogens with zero attached hydrogens (tertiary/aromatic N) is 1. The van der Waals surface area contributed by atoms with Crippen LogP contribution in [0.4, 0.5) is 0 Å². The Kier molecular flexibility index (Phi) is 47.4. The van der Waals surface area contributed by atoms with Gasteiger partial charge in [-0.25, -0.2) is 0 Å². The number of unbranched alkanes of at least 4 members (excludes halogenated alkanes) is 30. The molecule has 0 aliphatic rings. The van der Waals surface area contributed by atoms with Crippen LogP contribution < -0.4 is 10.2 Å². The molecule has 0 saturated heterocycles. The standard InChI is InChI=1S/C57H109N2O6P/c1-6-8-10-12-14-16-18-20-22-24-26-27-28-29-30-31-33-35-37-39-41-43-45-47-49-51-57(61)58-55(54-65-66(62,63)64-53-52-59(3,4)5)56(60)50-48-46-44-42-40-38-36-34-32-25-23-21-19-17-15-13-11-9-7-2/h8,10,14,16,20,22,26-27,55-56,60H,6-7,9,11-13,15,17-19,21,23-25,28-54H2,1-5H3,(H-,58,61,62,63)/b10-8-,16-14-,22-20-,27-26-. The van der Waals surface area contributed by atoms with E-state index in [0.29, 0.717) is 23.9 Å². The minimum atomic E-state index is -4.57. The van der Waals surface area contributed by atoms with Gasteiger partial charge in [-0.3, -0.25) is 9.36 Å². The van der Waals surface area contributed by atoms with E-state index in [1.165, 1.54) is 167 Å². The van der Waals surface area contributed by atoms with Gasteiger partial charge >= 0.3 is 0 Å². The lowest BCUT2D eigenvalue weighted by molar-refractivity contribution is -0.870. The number of nitrogens with one attached hydrogen (secondary N) is 1. The molecule has 0 saturated carbocycles. The number of carbonyl (C=O) groups is 1. The summed E-state index contributed by atoms with van der Waals surface area (Å²) in [6.45, 7) is 4.63. The predicted octanol–water partition coefficient (Wildman–Crippen LogP) is 16.1. The van der Waals surface area contributed by atoms with Crippen molar-refractivity contribution in [1.82, 2.24) is 5.32 Å². The molecule has 388 valence electrons. The molecule has 0 spiro atoms. The van der Waals surface area contributed by atoms with Crippen molar-refractivity contribution in [2.75, 3.05) is 40.9 Å². The lowest BCUT2D eigenvalue weighted by Gasteiger charge is -2.30. The van der Waals surface area contributed by atoms with E-state index in [1.807, 2.05) is 21.1 Å². The lowest BCUT2D eigenvalue weighted by atomic mass is 10.0. The zero-order valence-electron chi connectivity index (χ0n) is 44.1. The molecule has 0 radical (unpaired) electrons. The highest BCUT2D eigenvalue weighted by atomic mass is 31.2. The van der Waals surface area contributed by atoms with Crippen molar-refractivity contribution in [3.8, 4) is 0 Å². The van der Waals surface area contributed by atoms with E-state index in [4.69, 9.17) is 9.05 Å². The Bertz CT molecular complexity index is 1210. The first kappa shape index (κ1) is 64.5. The summed E-state index contributed by atoms with van der Waals surface area (Å²) < 4.78 is 23.4. The summed E-state index contributed by atoms with van der Waals surface area (Å²) in [5.74, 6) is -0.166. The topological polar surface area (TPSA) is 108 Å². The number of likely N-dealkylation sites (N-methyl/N-ethyl adjacent to an activating group) is 1. The quantitative estimate of drug-likeness (QED) is 0.0272. The Morgan fingerprint density at radius 3 is 1.35 bits per heavy atom. The molecule has 0 rings (SSSR count). The van der Waals surface area contributed by atoms with E-state index < -0.39 is 20.0 Å². The zero-order valence-corrected chi connectivity index (χ0v) is 45.0. The van der Waals surface area contributed by atoms with Crippen LogP contribution in [0.5, 0.6) is 0 Å². The highest BCUT2D eigenvalue weighted by Crippen LogP contribution is 2.38. The van der Waals surface area contributed by atoms with E-state index in [-0.39, 0.29) is 19.1 Å². The Morgan fingerprint density at radius 2 is 0.924 bits per heavy atom. The number of amides is 1. The van der Waals surface area contributed by atoms with Crippen LogP contribution in [0.3, 0.4) is 0 Å². The largest absolute Gasteiger partial charge is 0.756 e. The van der Waals surface area contributed by atoms with Crippen LogP contribution in [0, 0.1) is 0 Å². The second-order valence-corrected chi connectivity index (χ2v) is 21.7. The van der Waals surface area contributed by atoms with Crippen LogP contribution in [0.2, 0.25) is 0 Å². The molecule has 2 N–H and O–H groups in total. The number of allylic oxidation sites excluding steroid dienone is 8. The normalized spacial score (nSPS) is 14.3. The second kappa shape index (κ2) is 48.5. The van der Waals surface area contributed by atoms with Crippen LogP contribution >= 0.6 is 7.82 Å². The Labute approximate surface area is 409 Å². The number of aliphatic hydroxyl groups excluding tert-OH is 1. The molecule has 1 amide bonds. The predicted molar refractivity (Wildman–Crippen MR) is 284 cm³/mol. The summed E-state index contributed by atoms with van der Waals surface area (Å²) in [7, 11) is 1.31. The van der Waals surface area contributed by atoms with Crippen molar-refractivity contribution in [1.29, 1.82) is 0 Å². The van der Waals surface area contributed by atoms with Gasteiger partial charge in [-0.15, -0.1) is 0 Å². The molecule has 0 fully saturated rings. The average Bonchev–Trinajstić information content (AvgIpc) is 3.28. The fraction of sp³-hybridized carbons (Fsp3) is 0.842. The average molecular weight is 949 g/mol. The molecule has 8 nitrogen and oxygen atoms in total. The third-order valence-corrected chi connectivity index (χ3v) is 13.5. The molecule has 0 aromatic rings. The van der Waals surface area contributed by atoms with Gasteiger partial charge in [0.1, 0.15) is 13.2 Å². The van der Waals surface area contributed by atoms with E-state index in [0.717, 1.165) is 64.2 Å². The summed E-state index contributed by atoms with van der Waals surface area (Å²) in [6.07, 6.45) is 62.7. The molecule has 0 aliphatic heterocycles. The second-order valence-electron chi connectivity index (χ2n) is 20.3. The van der Waals surface area contributed by atoms with Gasteiger partial charge in [0.15, 0.2) is 0 Å². The molecule has 0 heterocycles. The summed E-state index contributed by atoms with van der Waals surface area (Å²) >= 11 is 0. The number of quaternary nitrogens is 1. The Balaban J connectivity index is 4.18. The maximum atomic E-state index is 13.0. The van der Waals surface area contributed by atoms with Crippen LogP contribution in [-0.4, -0.2) is 68.5 Å². The number of phosphoric ester groups is 1. The van der Waals surface area contributed by atoms with Gasteiger partial charge in [-0.2, -0.15) is 0 Å². The minimum absolute atomic E-state index is 0.0113. The SMILES string of the molecule is CC/C=C\C/C=C\C/C=C\C/C=C\CCCCCCCCCCCCCCC(=O)NC(COP(=O)([O-])OCC[N+](C)(C)C)C(O)CCCCCCCCCCCCCCCCCCCCC. The third-order valence-electron chi connectivity index (χ3n) is 12.6. The first-order valence-electron chi connectivity index (χ1n) is 28.0. The number of phosphoric acid groups is 1. The first-order chi connectivity index (χ1) is 32.0. The summed E-state index contributed by atoms with van der Waals surface area (Å²) in [5, 5.41) is 14.0. The third kappa shape index (κ3) is 50.3. The minimum Gasteiger partial charge on any atom is -0.756 e. The summed E-state index contributed by atoms with van der Waals surface area (Å²) in [5.41, 5.74) is 0. The van der Waals surface area contributed by atoms with Gasteiger partial charge in [0.2, 0.25) is 5.91 Å². The zero-order chi connectivity index (χ0) is 48.5. The monoisotopic (exact) mass is 949 g/mol. The van der Waals surface area contributed by atoms with Gasteiger partial charge < -0.3 is 28.8 Å². The molecule has 3 atom stereocenters. The fourth-order valence-corrected chi connectivity index (χ4v) is 8.93. The molecule has 3 unspecified atom stereocenters. The van der Waals surface area contributed by atoms with Crippen molar-refractivity contribution in [3.63, 3.8) is 0 Å². The Hall–Kier alpha value is -1.54. The molecule has 66 heavy (non-hydrogen) atoms. The number of aliphatic hydroxyl groups is 1. The number of carbonyl (C=O) groups excluding carboxylic acids is 1. The highest BCUT2D eigenvalue weighted by molar-refractivity contribution is 7.45. The van der Waals surface area contributed by atoms with Gasteiger partial charge in [-0.1, -0.05) is 249 Å². The summed E-state index contributed by atoms with van der Waals surface area (Å²) in [6, 6.07) is -0.803. The Morgan fingerprint density at radius 1 is 0.545 bits per heavy atom. The van der Waals surface area contributed by atoms with Gasteiger partial charge in [0, 0.05) is 6.42 Å². The summed E-state index contributed by atoms with van der Waals surface area (Å²) in [4.78, 5) is 25.5. The van der Waals surface area contributed by atoms with Gasteiger partial charge in [0.05, 0.1) is 39.9 Å². The molecule has 0 bridgehead atoms. The van der Waals surface area contributed by atoms with Crippen LogP contribution in [0.1, 0.15) is 258 Å². The number of rotatable bonds is 51. The van der Waals surface area contributed by atoms with E-state index in [2.05, 4.69) is 67.8 Å². The van der Waals surface area contributed by atoms with E-state index in [1.54, 1.807) is 0 Å². The highest BCUT2D eigenvalue weighted by Gasteiger charge is 2.24. The van der Waals surface area contributed by atoms with Crippen molar-refractivity contribution >= 4 is 13.7 Å². The van der Waals surface area contributed by atoms with Crippen molar-refractivity contribution in [2.45, 2.75) is 270 Å². The molecule has 0 aliphatic carbocycles. The first-order valence-corrected chi connectivity index (χ1v) is 29.4. The fourth-order valence-electron chi connectivity index (χ4n) is 8.21. The molecule has 9 heteroatoms. The molecule has 0 aromatic heterocycles. The smallest absolute Gasteiger partial charge is 0.268 e. The van der Waals surface area contributed by atoms with Gasteiger partial charge in [0.25, 0.3) is 7.82 Å². The van der Waals surface area contributed by atoms with Crippen LogP contribution in [0.25, 0.3) is 0 Å². The van der Waals surface area contributed by atoms with Crippen LogP contribution in [-0.2, 0) is 18.4 Å². The van der Waals surface area contributed by atoms with Crippen molar-refractivity contribution in [2.24, 2.45) is 0 Å². The van der Waals surface area contributed by atoms with Crippen molar-refractivity contribution in [3.05, 3.63) is 48.6 Å². The molecular weight excluding hydrogens is 840 g/mol. The molecule has 0 aromatic carbocycles. The molecular formula is C57H109N2O6P. The maximum absolute atomic E-state index is 13.0. The maximum Gasteiger partial charge on any atom is 0.268 e. The van der Waals surface area contributed by atoms with Gasteiger partial charge in [-0.05, 0) is 51.4 Å². The number of hydrogen-bond donors (Lipinski definition) is 2. The van der Waals surface area contributed by atoms with Crippen molar-refractivity contribution < 1.29 is 32.9 Å². The van der Waals surface area contributed by atoms with E-state index in [9.17, 15) is 19.4 Å².